The van der Waals surface area contributed by atoms with Crippen LogP contribution in [0.3, 0.4) is 0 Å². The van der Waals surface area contributed by atoms with Crippen molar-refractivity contribution in [3.63, 3.8) is 0 Å². The maximum atomic E-state index is 13.2. The largest absolute Gasteiger partial charge is 0.288 e. The van der Waals surface area contributed by atoms with Gasteiger partial charge in [-0.15, -0.1) is 0 Å². The van der Waals surface area contributed by atoms with Gasteiger partial charge in [-0.1, -0.05) is 42.5 Å². The number of hydrogen-bond donors (Lipinski definition) is 0. The van der Waals surface area contributed by atoms with Gasteiger partial charge in [0.15, 0.2) is 0 Å². The van der Waals surface area contributed by atoms with E-state index in [9.17, 15) is 14.4 Å². The Balaban J connectivity index is 2.49. The second-order valence-corrected chi connectivity index (χ2v) is 4.32. The molecule has 2 aromatic rings. The molecule has 0 radical (unpaired) electrons. The van der Waals surface area contributed by atoms with Crippen molar-refractivity contribution in [3.05, 3.63) is 77.1 Å². The van der Waals surface area contributed by atoms with Crippen LogP contribution in [-0.4, -0.2) is 5.78 Å². The van der Waals surface area contributed by atoms with Gasteiger partial charge >= 0.3 is 0 Å². The number of halogens is 1. The molecule has 0 fully saturated rings. The highest BCUT2D eigenvalue weighted by Gasteiger charge is 2.15. The quantitative estimate of drug-likeness (QED) is 0.478. The van der Waals surface area contributed by atoms with Gasteiger partial charge in [0.25, 0.3) is 0 Å². The van der Waals surface area contributed by atoms with Gasteiger partial charge in [0, 0.05) is 5.56 Å². The summed E-state index contributed by atoms with van der Waals surface area (Å²) >= 11 is 0. The zero-order valence-corrected chi connectivity index (χ0v) is 10.9. The lowest BCUT2D eigenvalue weighted by molar-refractivity contribution is 0.103. The number of ketones is 1. The highest BCUT2D eigenvalue weighted by atomic mass is 19.1. The molecule has 0 heterocycles. The van der Waals surface area contributed by atoms with E-state index in [4.69, 9.17) is 0 Å². The summed E-state index contributed by atoms with van der Waals surface area (Å²) in [5.74, 6) is -0.749. The topological polar surface area (TPSA) is 40.9 Å². The molecule has 0 N–H and O–H groups in total. The van der Waals surface area contributed by atoms with Gasteiger partial charge in [0.05, 0.1) is 0 Å². The maximum absolute atomic E-state index is 13.2. The lowest BCUT2D eigenvalue weighted by Gasteiger charge is -2.06. The summed E-state index contributed by atoms with van der Waals surface area (Å²) in [7, 11) is 0. The van der Waals surface area contributed by atoms with E-state index in [1.165, 1.54) is 12.1 Å². The van der Waals surface area contributed by atoms with E-state index in [-0.39, 0.29) is 11.4 Å². The number of Topliss-reactive ketones (excluding diaryl/α,β-unsaturated/α-hetero) is 1. The normalized spacial score (nSPS) is 11.4. The molecule has 0 bridgehead atoms. The van der Waals surface area contributed by atoms with Crippen molar-refractivity contribution in [1.29, 1.82) is 5.26 Å². The van der Waals surface area contributed by atoms with Gasteiger partial charge in [-0.3, -0.25) is 4.79 Å². The van der Waals surface area contributed by atoms with Crippen LogP contribution in [0.2, 0.25) is 0 Å². The standard InChI is InChI=1S/C17H12FNO/c1-12(14-8-5-9-15(18)10-14)16(11-19)17(20)13-6-3-2-4-7-13/h2-10H,1H3/b16-12-. The van der Waals surface area contributed by atoms with Crippen LogP contribution in [0.4, 0.5) is 4.39 Å². The fourth-order valence-electron chi connectivity index (χ4n) is 1.90. The zero-order valence-electron chi connectivity index (χ0n) is 10.9. The molecule has 2 nitrogen and oxygen atoms in total. The minimum absolute atomic E-state index is 0.0294. The van der Waals surface area contributed by atoms with Gasteiger partial charge < -0.3 is 0 Å². The number of nitriles is 1. The van der Waals surface area contributed by atoms with E-state index in [0.717, 1.165) is 0 Å². The average Bonchev–Trinajstić information content (AvgIpc) is 2.48. The first-order valence-corrected chi connectivity index (χ1v) is 6.10. The van der Waals surface area contributed by atoms with E-state index in [1.807, 2.05) is 6.07 Å². The SMILES string of the molecule is C/C(=C(\C#N)C(=O)c1ccccc1)c1cccc(F)c1. The van der Waals surface area contributed by atoms with E-state index in [0.29, 0.717) is 16.7 Å². The van der Waals surface area contributed by atoms with E-state index < -0.39 is 5.82 Å². The van der Waals surface area contributed by atoms with Crippen molar-refractivity contribution in [2.45, 2.75) is 6.92 Å². The summed E-state index contributed by atoms with van der Waals surface area (Å²) in [6.45, 7) is 1.65. The molecule has 0 aliphatic carbocycles. The molecule has 0 aromatic heterocycles. The molecule has 98 valence electrons. The average molecular weight is 265 g/mol. The van der Waals surface area contributed by atoms with Crippen LogP contribution < -0.4 is 0 Å². The smallest absolute Gasteiger partial charge is 0.203 e. The van der Waals surface area contributed by atoms with Crippen molar-refractivity contribution in [3.8, 4) is 6.07 Å². The molecule has 0 atom stereocenters. The Morgan fingerprint density at radius 2 is 1.70 bits per heavy atom. The molecule has 2 aromatic carbocycles. The van der Waals surface area contributed by atoms with Gasteiger partial charge in [-0.05, 0) is 30.2 Å². The molecular formula is C17H12FNO. The van der Waals surface area contributed by atoms with Crippen LogP contribution in [-0.2, 0) is 0 Å². The zero-order chi connectivity index (χ0) is 14.5. The molecule has 20 heavy (non-hydrogen) atoms. The van der Waals surface area contributed by atoms with Crippen molar-refractivity contribution in [2.75, 3.05) is 0 Å². The summed E-state index contributed by atoms with van der Waals surface area (Å²) in [5.41, 5.74) is 1.48. The van der Waals surface area contributed by atoms with Gasteiger partial charge in [-0.2, -0.15) is 5.26 Å². The number of rotatable bonds is 3. The second kappa shape index (κ2) is 5.94. The summed E-state index contributed by atoms with van der Waals surface area (Å²) in [4.78, 5) is 12.3. The van der Waals surface area contributed by atoms with Crippen LogP contribution in [0.5, 0.6) is 0 Å². The third kappa shape index (κ3) is 2.81. The van der Waals surface area contributed by atoms with Crippen molar-refractivity contribution in [1.82, 2.24) is 0 Å². The molecule has 3 heteroatoms. The predicted molar refractivity (Wildman–Crippen MR) is 75.4 cm³/mol. The molecular weight excluding hydrogens is 253 g/mol. The third-order valence-electron chi connectivity index (χ3n) is 3.01. The molecule has 0 amide bonds. The number of nitrogens with zero attached hydrogens (tertiary/aromatic N) is 1. The summed E-state index contributed by atoms with van der Waals surface area (Å²) < 4.78 is 13.2. The first-order valence-electron chi connectivity index (χ1n) is 6.10. The molecule has 0 spiro atoms. The van der Waals surface area contributed by atoms with Crippen molar-refractivity contribution in [2.24, 2.45) is 0 Å². The molecule has 0 saturated carbocycles. The van der Waals surface area contributed by atoms with Crippen LogP contribution in [0.25, 0.3) is 5.57 Å². The summed E-state index contributed by atoms with van der Waals surface area (Å²) in [5, 5.41) is 9.24. The summed E-state index contributed by atoms with van der Waals surface area (Å²) in [6.07, 6.45) is 0. The Morgan fingerprint density at radius 3 is 2.30 bits per heavy atom. The maximum Gasteiger partial charge on any atom is 0.203 e. The van der Waals surface area contributed by atoms with Gasteiger partial charge in [-0.25, -0.2) is 4.39 Å². The predicted octanol–water partition coefficient (Wildman–Crippen LogP) is 4.01. The van der Waals surface area contributed by atoms with E-state index in [2.05, 4.69) is 0 Å². The Labute approximate surface area is 116 Å². The van der Waals surface area contributed by atoms with E-state index >= 15 is 0 Å². The second-order valence-electron chi connectivity index (χ2n) is 4.32. The number of carbonyl (C=O) groups excluding carboxylic acids is 1. The van der Waals surface area contributed by atoms with Crippen molar-refractivity contribution >= 4 is 11.4 Å². The molecule has 0 unspecified atom stereocenters. The van der Waals surface area contributed by atoms with E-state index in [1.54, 1.807) is 49.4 Å². The molecule has 0 aliphatic rings. The fraction of sp³-hybridized carbons (Fsp3) is 0.0588. The number of hydrogen-bond acceptors (Lipinski definition) is 2. The Morgan fingerprint density at radius 1 is 1.05 bits per heavy atom. The molecule has 0 saturated heterocycles. The Hall–Kier alpha value is -2.73. The van der Waals surface area contributed by atoms with Crippen LogP contribution in [0.1, 0.15) is 22.8 Å². The van der Waals surface area contributed by atoms with Gasteiger partial charge in [0.1, 0.15) is 17.5 Å². The molecule has 0 aliphatic heterocycles. The monoisotopic (exact) mass is 265 g/mol. The minimum atomic E-state index is -0.397. The number of carbonyl (C=O) groups is 1. The lowest BCUT2D eigenvalue weighted by atomic mass is 9.96. The highest BCUT2D eigenvalue weighted by Crippen LogP contribution is 2.21. The Bertz CT molecular complexity index is 711. The first-order chi connectivity index (χ1) is 9.63. The lowest BCUT2D eigenvalue weighted by Crippen LogP contribution is -2.04. The van der Waals surface area contributed by atoms with Crippen molar-refractivity contribution < 1.29 is 9.18 Å². The minimum Gasteiger partial charge on any atom is -0.288 e. The van der Waals surface area contributed by atoms with Crippen LogP contribution >= 0.6 is 0 Å². The first kappa shape index (κ1) is 13.7. The Kier molecular flexibility index (Phi) is 4.07. The number of benzene rings is 2. The third-order valence-corrected chi connectivity index (χ3v) is 3.01. The highest BCUT2D eigenvalue weighted by molar-refractivity contribution is 6.15. The fourth-order valence-corrected chi connectivity index (χ4v) is 1.90. The molecule has 2 rings (SSSR count). The van der Waals surface area contributed by atoms with Gasteiger partial charge in [0.2, 0.25) is 5.78 Å². The van der Waals surface area contributed by atoms with Crippen LogP contribution in [0.15, 0.2) is 60.2 Å². The van der Waals surface area contributed by atoms with Crippen LogP contribution in [0, 0.1) is 17.1 Å². The number of allylic oxidation sites excluding steroid dienone is 2. The summed E-state index contributed by atoms with van der Waals surface area (Å²) in [6, 6.07) is 16.4.